The largest absolute Gasteiger partial charge is 0.494 e. The Morgan fingerprint density at radius 1 is 1.06 bits per heavy atom. The van der Waals surface area contributed by atoms with E-state index in [-0.39, 0.29) is 31.4 Å². The van der Waals surface area contributed by atoms with Gasteiger partial charge in [0.05, 0.1) is 43.5 Å². The Bertz CT molecular complexity index is 1920. The van der Waals surface area contributed by atoms with Crippen molar-refractivity contribution in [1.82, 2.24) is 10.2 Å². The smallest absolute Gasteiger partial charge is 0.261 e. The van der Waals surface area contributed by atoms with E-state index in [1.807, 2.05) is 56.3 Å². The van der Waals surface area contributed by atoms with Crippen molar-refractivity contribution in [1.29, 1.82) is 0 Å². The second-order valence-electron chi connectivity index (χ2n) is 15.5. The van der Waals surface area contributed by atoms with E-state index in [4.69, 9.17) is 9.47 Å². The number of ether oxygens (including phenoxy) is 2. The Morgan fingerprint density at radius 3 is 2.56 bits per heavy atom. The van der Waals surface area contributed by atoms with Crippen LogP contribution in [0.25, 0.3) is 0 Å². The van der Waals surface area contributed by atoms with Gasteiger partial charge in [0, 0.05) is 41.5 Å². The first-order chi connectivity index (χ1) is 25.9. The normalized spacial score (nSPS) is 26.1. The number of halogens is 1. The average Bonchev–Trinajstić information content (AvgIpc) is 3.61. The highest BCUT2D eigenvalue weighted by molar-refractivity contribution is 6.72. The van der Waals surface area contributed by atoms with Crippen LogP contribution >= 0.6 is 0 Å². The van der Waals surface area contributed by atoms with Crippen LogP contribution in [0, 0.1) is 5.92 Å². The second-order valence-corrected chi connectivity index (χ2v) is 19.3. The van der Waals surface area contributed by atoms with Crippen LogP contribution in [0.3, 0.4) is 0 Å². The summed E-state index contributed by atoms with van der Waals surface area (Å²) in [6.07, 6.45) is 1.27. The maximum atomic E-state index is 16.5. The summed E-state index contributed by atoms with van der Waals surface area (Å²) in [7, 11) is -3.56. The molecule has 3 aromatic rings. The molecule has 54 heavy (non-hydrogen) atoms. The molecule has 288 valence electrons. The summed E-state index contributed by atoms with van der Waals surface area (Å²) in [6, 6.07) is 17.9. The molecular weight excluding hydrogens is 708 g/mol. The van der Waals surface area contributed by atoms with Crippen molar-refractivity contribution in [2.75, 3.05) is 36.6 Å². The number of aliphatic hydroxyl groups excluding tert-OH is 2. The number of rotatable bonds is 12. The van der Waals surface area contributed by atoms with E-state index in [9.17, 15) is 24.6 Å². The molecule has 1 saturated heterocycles. The molecule has 11 nitrogen and oxygen atoms in total. The lowest BCUT2D eigenvalue weighted by Crippen LogP contribution is -2.49. The first-order valence-electron chi connectivity index (χ1n) is 19.1. The summed E-state index contributed by atoms with van der Waals surface area (Å²) in [5.41, 5.74) is 2.97. The van der Waals surface area contributed by atoms with Gasteiger partial charge in [-0.2, -0.15) is 0 Å². The van der Waals surface area contributed by atoms with Crippen molar-refractivity contribution >= 4 is 43.2 Å². The molecule has 4 aliphatic rings. The lowest BCUT2D eigenvalue weighted by molar-refractivity contribution is -0.149. The summed E-state index contributed by atoms with van der Waals surface area (Å²) < 4.78 is 29.1. The second kappa shape index (κ2) is 15.2. The minimum absolute atomic E-state index is 0.0744. The van der Waals surface area contributed by atoms with Gasteiger partial charge in [-0.1, -0.05) is 31.2 Å². The number of aliphatic hydroxyl groups is 2. The molecule has 0 aromatic heterocycles. The van der Waals surface area contributed by atoms with Crippen LogP contribution in [0.1, 0.15) is 55.4 Å². The van der Waals surface area contributed by atoms with Gasteiger partial charge in [0.1, 0.15) is 5.75 Å². The molecule has 3 aromatic carbocycles. The third-order valence-electron chi connectivity index (χ3n) is 11.7. The number of fused-ring (bicyclic) bond motifs is 4. The standard InChI is InChI=1S/C41H51FN4O7Si/c1-5-52-31-13-15-35-28(19-31)20-34(43-16-8-9-17-47)39(50)46(35)29-12-14-33-32(21-29)41(40(51)44-33)25(2)38(54(3,4)42)36(53-41)22-37(49)45-23-27-11-7-6-10-26(27)18-30(45)24-48/h6-7,10-15,19,21,25,30,34,36,38,43,47-48H,5,8-9,16-18,20,22-24H2,1-4H3,(H,44,51)/t25-,30+,34?,36+,38-,41+/m1/s1. The predicted molar refractivity (Wildman–Crippen MR) is 206 cm³/mol. The molecule has 4 heterocycles. The molecule has 0 saturated carbocycles. The van der Waals surface area contributed by atoms with Gasteiger partial charge in [-0.3, -0.25) is 19.3 Å². The molecule has 3 amide bonds. The molecule has 7 rings (SSSR count). The quantitative estimate of drug-likeness (QED) is 0.114. The van der Waals surface area contributed by atoms with E-state index in [1.54, 1.807) is 41.1 Å². The molecule has 4 aliphatic heterocycles. The number of amides is 3. The van der Waals surface area contributed by atoms with Gasteiger partial charge < -0.3 is 39.3 Å². The Hall–Kier alpha value is -4.14. The number of benzene rings is 3. The molecule has 13 heteroatoms. The number of carbonyl (C=O) groups excluding carboxylic acids is 3. The minimum Gasteiger partial charge on any atom is -0.494 e. The lowest BCUT2D eigenvalue weighted by atomic mass is 9.82. The van der Waals surface area contributed by atoms with Gasteiger partial charge in [-0.25, -0.2) is 0 Å². The van der Waals surface area contributed by atoms with Crippen molar-refractivity contribution < 1.29 is 38.2 Å². The van der Waals surface area contributed by atoms with Crippen molar-refractivity contribution in [2.24, 2.45) is 5.92 Å². The molecule has 6 atom stereocenters. The van der Waals surface area contributed by atoms with Gasteiger partial charge in [0.15, 0.2) is 5.60 Å². The molecule has 0 bridgehead atoms. The summed E-state index contributed by atoms with van der Waals surface area (Å²) in [4.78, 5) is 45.9. The first-order valence-corrected chi connectivity index (χ1v) is 22.1. The fourth-order valence-electron chi connectivity index (χ4n) is 9.25. The maximum absolute atomic E-state index is 16.5. The summed E-state index contributed by atoms with van der Waals surface area (Å²) >= 11 is 0. The zero-order valence-corrected chi connectivity index (χ0v) is 32.4. The summed E-state index contributed by atoms with van der Waals surface area (Å²) in [5.74, 6) is -0.775. The van der Waals surface area contributed by atoms with E-state index < -0.39 is 49.6 Å². The Kier molecular flexibility index (Phi) is 10.7. The monoisotopic (exact) mass is 758 g/mol. The molecule has 4 N–H and O–H groups in total. The number of hydrogen-bond acceptors (Lipinski definition) is 8. The van der Waals surface area contributed by atoms with Crippen LogP contribution in [0.2, 0.25) is 18.6 Å². The predicted octanol–water partition coefficient (Wildman–Crippen LogP) is 5.10. The number of unbranched alkanes of at least 4 members (excludes halogenated alkanes) is 1. The van der Waals surface area contributed by atoms with Crippen molar-refractivity contribution in [3.8, 4) is 5.75 Å². The van der Waals surface area contributed by atoms with Gasteiger partial charge in [-0.15, -0.1) is 0 Å². The Morgan fingerprint density at radius 2 is 1.83 bits per heavy atom. The number of carbonyl (C=O) groups is 3. The highest BCUT2D eigenvalue weighted by Gasteiger charge is 2.65. The zero-order chi connectivity index (χ0) is 38.4. The molecule has 1 unspecified atom stereocenters. The average molecular weight is 759 g/mol. The van der Waals surface area contributed by atoms with Crippen LogP contribution in [-0.2, 0) is 44.1 Å². The van der Waals surface area contributed by atoms with Crippen molar-refractivity contribution in [3.05, 3.63) is 82.9 Å². The first kappa shape index (κ1) is 38.1. The van der Waals surface area contributed by atoms with Gasteiger partial charge in [0.25, 0.3) is 5.91 Å². The highest BCUT2D eigenvalue weighted by Crippen LogP contribution is 2.59. The SMILES string of the molecule is CCOc1ccc2c(c1)CC(NCCCCO)C(=O)N2c1ccc2c(c1)[C@]1(O[C@@H](CC(=O)N3Cc4ccccc4C[C@H]3CO)[C@H]([Si](C)(C)F)[C@H]1C)C(=O)N2. The minimum atomic E-state index is -3.56. The number of anilines is 3. The molecule has 0 aliphatic carbocycles. The van der Waals surface area contributed by atoms with Crippen molar-refractivity contribution in [2.45, 2.75) is 94.9 Å². The van der Waals surface area contributed by atoms with Crippen LogP contribution < -0.4 is 20.3 Å². The van der Waals surface area contributed by atoms with Gasteiger partial charge in [0.2, 0.25) is 20.2 Å². The van der Waals surface area contributed by atoms with Crippen LogP contribution in [0.4, 0.5) is 21.2 Å². The fraction of sp³-hybridized carbons (Fsp3) is 0.488. The molecule has 1 fully saturated rings. The van der Waals surface area contributed by atoms with E-state index in [0.29, 0.717) is 73.8 Å². The third kappa shape index (κ3) is 6.74. The van der Waals surface area contributed by atoms with Gasteiger partial charge in [-0.05, 0) is 105 Å². The summed E-state index contributed by atoms with van der Waals surface area (Å²) in [6.45, 7) is 8.19. The Labute approximate surface area is 317 Å². The number of nitrogens with one attached hydrogen (secondary N) is 2. The van der Waals surface area contributed by atoms with E-state index in [2.05, 4.69) is 10.6 Å². The van der Waals surface area contributed by atoms with E-state index in [0.717, 1.165) is 16.7 Å². The zero-order valence-electron chi connectivity index (χ0n) is 31.4. The summed E-state index contributed by atoms with van der Waals surface area (Å²) in [5, 5.41) is 25.9. The molecular formula is C41H51FN4O7Si. The topological polar surface area (TPSA) is 141 Å². The number of nitrogens with zero attached hydrogens (tertiary/aromatic N) is 2. The maximum Gasteiger partial charge on any atom is 0.261 e. The van der Waals surface area contributed by atoms with E-state index in [1.165, 1.54) is 0 Å². The van der Waals surface area contributed by atoms with Crippen molar-refractivity contribution in [3.63, 3.8) is 0 Å². The lowest BCUT2D eigenvalue weighted by Gasteiger charge is -2.37. The number of hydrogen-bond donors (Lipinski definition) is 4. The van der Waals surface area contributed by atoms with E-state index >= 15 is 4.11 Å². The van der Waals surface area contributed by atoms with Crippen LogP contribution in [-0.4, -0.2) is 85.8 Å². The fourth-order valence-corrected chi connectivity index (χ4v) is 11.7. The molecule has 1 spiro atoms. The highest BCUT2D eigenvalue weighted by atomic mass is 28.4. The third-order valence-corrected chi connectivity index (χ3v) is 14.2. The van der Waals surface area contributed by atoms with Crippen LogP contribution in [0.15, 0.2) is 60.7 Å². The van der Waals surface area contributed by atoms with Gasteiger partial charge >= 0.3 is 0 Å². The van der Waals surface area contributed by atoms with Crippen LogP contribution in [0.5, 0.6) is 5.75 Å². The molecule has 0 radical (unpaired) electrons. The Balaban J connectivity index is 1.23.